The van der Waals surface area contributed by atoms with E-state index in [0.717, 1.165) is 0 Å². The predicted octanol–water partition coefficient (Wildman–Crippen LogP) is 5.01. The number of sulfonamides is 1. The number of benzene rings is 3. The van der Waals surface area contributed by atoms with Gasteiger partial charge in [0.2, 0.25) is 0 Å². The molecule has 0 bridgehead atoms. The molecular weight excluding hydrogens is 486 g/mol. The third-order valence-corrected chi connectivity index (χ3v) is 7.20. The van der Waals surface area contributed by atoms with Crippen LogP contribution in [0.4, 0.5) is 5.69 Å². The molecule has 0 saturated carbocycles. The average molecular weight is 506 g/mol. The van der Waals surface area contributed by atoms with E-state index in [1.54, 1.807) is 53.4 Å². The SMILES string of the molecule is Cc1cc(C(=O)OCCN(C2=NS(=O)(=O)c3ccccc32)c2ccc(Cl)cc2)c2ccccc2n1. The van der Waals surface area contributed by atoms with Gasteiger partial charge in [0, 0.05) is 27.4 Å². The Morgan fingerprint density at radius 1 is 1.00 bits per heavy atom. The van der Waals surface area contributed by atoms with Gasteiger partial charge in [-0.1, -0.05) is 41.9 Å². The van der Waals surface area contributed by atoms with Crippen molar-refractivity contribution in [2.75, 3.05) is 18.1 Å². The standard InChI is InChI=1S/C26H20ClN3O4S/c1-17-16-22(20-6-2-4-8-23(20)28-17)26(31)34-15-14-30(19-12-10-18(27)11-13-19)25-21-7-3-5-9-24(21)35(32,33)29-25/h2-13,16H,14-15H2,1H3. The van der Waals surface area contributed by atoms with Gasteiger partial charge in [0.25, 0.3) is 10.0 Å². The monoisotopic (exact) mass is 505 g/mol. The van der Waals surface area contributed by atoms with Gasteiger partial charge in [-0.2, -0.15) is 8.42 Å². The number of ether oxygens (including phenoxy) is 1. The summed E-state index contributed by atoms with van der Waals surface area (Å²) in [5, 5.41) is 1.25. The van der Waals surface area contributed by atoms with Crippen LogP contribution in [0.3, 0.4) is 0 Å². The van der Waals surface area contributed by atoms with E-state index in [-0.39, 0.29) is 23.9 Å². The number of para-hydroxylation sites is 1. The highest BCUT2D eigenvalue weighted by atomic mass is 35.5. The number of hydrogen-bond donors (Lipinski definition) is 0. The van der Waals surface area contributed by atoms with Crippen molar-refractivity contribution in [2.24, 2.45) is 4.40 Å². The van der Waals surface area contributed by atoms with Crippen LogP contribution in [0.1, 0.15) is 21.6 Å². The van der Waals surface area contributed by atoms with Crippen LogP contribution in [0.2, 0.25) is 5.02 Å². The van der Waals surface area contributed by atoms with Gasteiger partial charge in [0.05, 0.1) is 17.6 Å². The zero-order chi connectivity index (χ0) is 24.6. The molecule has 35 heavy (non-hydrogen) atoms. The van der Waals surface area contributed by atoms with E-state index in [0.29, 0.717) is 38.4 Å². The second-order valence-corrected chi connectivity index (χ2v) is 9.99. The third kappa shape index (κ3) is 4.50. The Morgan fingerprint density at radius 2 is 1.71 bits per heavy atom. The molecule has 0 radical (unpaired) electrons. The van der Waals surface area contributed by atoms with Gasteiger partial charge in [0.15, 0.2) is 5.84 Å². The summed E-state index contributed by atoms with van der Waals surface area (Å²) in [6.45, 7) is 2.00. The number of esters is 1. The van der Waals surface area contributed by atoms with Crippen LogP contribution in [0.25, 0.3) is 10.9 Å². The number of fused-ring (bicyclic) bond motifs is 2. The van der Waals surface area contributed by atoms with Crippen molar-refractivity contribution in [3.63, 3.8) is 0 Å². The molecule has 9 heteroatoms. The molecule has 0 fully saturated rings. The van der Waals surface area contributed by atoms with Gasteiger partial charge in [0.1, 0.15) is 11.5 Å². The fourth-order valence-corrected chi connectivity index (χ4v) is 5.38. The predicted molar refractivity (Wildman–Crippen MR) is 136 cm³/mol. The molecule has 0 aliphatic carbocycles. The molecule has 1 aliphatic rings. The van der Waals surface area contributed by atoms with Gasteiger partial charge in [-0.05, 0) is 55.5 Å². The number of aryl methyl sites for hydroxylation is 1. The molecule has 3 aromatic carbocycles. The number of nitrogens with zero attached hydrogens (tertiary/aromatic N) is 3. The van der Waals surface area contributed by atoms with Crippen LogP contribution in [0, 0.1) is 6.92 Å². The molecule has 1 aromatic heterocycles. The Bertz CT molecular complexity index is 1580. The molecule has 176 valence electrons. The highest BCUT2D eigenvalue weighted by molar-refractivity contribution is 7.90. The molecule has 5 rings (SSSR count). The summed E-state index contributed by atoms with van der Waals surface area (Å²) < 4.78 is 35.0. The van der Waals surface area contributed by atoms with Crippen LogP contribution in [-0.4, -0.2) is 38.4 Å². The first-order chi connectivity index (χ1) is 16.8. The van der Waals surface area contributed by atoms with Crippen molar-refractivity contribution in [1.29, 1.82) is 0 Å². The minimum Gasteiger partial charge on any atom is -0.460 e. The van der Waals surface area contributed by atoms with E-state index in [9.17, 15) is 13.2 Å². The molecule has 0 N–H and O–H groups in total. The summed E-state index contributed by atoms with van der Waals surface area (Å²) in [6, 6.07) is 22.7. The fourth-order valence-electron chi connectivity index (χ4n) is 4.05. The molecule has 0 saturated heterocycles. The third-order valence-electron chi connectivity index (χ3n) is 5.62. The molecule has 2 heterocycles. The van der Waals surface area contributed by atoms with Crippen LogP contribution in [0.15, 0.2) is 88.2 Å². The molecule has 4 aromatic rings. The van der Waals surface area contributed by atoms with Crippen molar-refractivity contribution in [1.82, 2.24) is 4.98 Å². The van der Waals surface area contributed by atoms with Crippen molar-refractivity contribution >= 4 is 50.0 Å². The summed E-state index contributed by atoms with van der Waals surface area (Å²) in [4.78, 5) is 19.3. The summed E-state index contributed by atoms with van der Waals surface area (Å²) in [5.74, 6) is -0.215. The highest BCUT2D eigenvalue weighted by Crippen LogP contribution is 2.30. The van der Waals surface area contributed by atoms with Gasteiger partial charge in [-0.15, -0.1) is 4.40 Å². The first-order valence-electron chi connectivity index (χ1n) is 10.8. The first-order valence-corrected chi connectivity index (χ1v) is 12.7. The van der Waals surface area contributed by atoms with Crippen molar-refractivity contribution < 1.29 is 17.9 Å². The number of hydrogen-bond acceptors (Lipinski definition) is 6. The van der Waals surface area contributed by atoms with Crippen molar-refractivity contribution in [2.45, 2.75) is 11.8 Å². The van der Waals surface area contributed by atoms with Crippen LogP contribution in [0.5, 0.6) is 0 Å². The first kappa shape index (κ1) is 23.0. The summed E-state index contributed by atoms with van der Waals surface area (Å²) in [5.41, 5.74) is 3.01. The number of amidine groups is 1. The maximum atomic E-state index is 13.0. The highest BCUT2D eigenvalue weighted by Gasteiger charge is 2.32. The maximum absolute atomic E-state index is 13.0. The minimum absolute atomic E-state index is 0.00160. The lowest BCUT2D eigenvalue weighted by atomic mass is 10.1. The minimum atomic E-state index is -3.82. The second-order valence-electron chi connectivity index (χ2n) is 7.98. The lowest BCUT2D eigenvalue weighted by Gasteiger charge is -2.24. The Hall–Kier alpha value is -3.75. The lowest BCUT2D eigenvalue weighted by molar-refractivity contribution is 0.0519. The van der Waals surface area contributed by atoms with Gasteiger partial charge in [-0.3, -0.25) is 4.98 Å². The number of pyridine rings is 1. The number of halogens is 1. The maximum Gasteiger partial charge on any atom is 0.338 e. The van der Waals surface area contributed by atoms with Crippen molar-refractivity contribution in [3.8, 4) is 0 Å². The van der Waals surface area contributed by atoms with E-state index in [4.69, 9.17) is 16.3 Å². The van der Waals surface area contributed by atoms with Gasteiger partial charge < -0.3 is 9.64 Å². The quantitative estimate of drug-likeness (QED) is 0.354. The number of rotatable bonds is 5. The molecule has 0 amide bonds. The fraction of sp³-hybridized carbons (Fsp3) is 0.115. The van der Waals surface area contributed by atoms with Crippen LogP contribution >= 0.6 is 11.6 Å². The molecule has 0 spiro atoms. The zero-order valence-corrected chi connectivity index (χ0v) is 20.3. The van der Waals surface area contributed by atoms with Gasteiger partial charge in [-0.25, -0.2) is 4.79 Å². The largest absolute Gasteiger partial charge is 0.460 e. The molecule has 0 unspecified atom stereocenters. The lowest BCUT2D eigenvalue weighted by Crippen LogP contribution is -2.34. The normalized spacial score (nSPS) is 13.8. The number of carbonyl (C=O) groups is 1. The Labute approximate surface area is 207 Å². The van der Waals surface area contributed by atoms with Crippen LogP contribution in [-0.2, 0) is 14.8 Å². The topological polar surface area (TPSA) is 88.9 Å². The number of carbonyl (C=O) groups excluding carboxylic acids is 1. The average Bonchev–Trinajstić information content (AvgIpc) is 3.12. The summed E-state index contributed by atoms with van der Waals surface area (Å²) in [6.07, 6.45) is 0. The Balaban J connectivity index is 1.43. The van der Waals surface area contributed by atoms with E-state index >= 15 is 0 Å². The Kier molecular flexibility index (Phi) is 6.00. The van der Waals surface area contributed by atoms with E-state index in [2.05, 4.69) is 9.38 Å². The van der Waals surface area contributed by atoms with Crippen molar-refractivity contribution in [3.05, 3.63) is 101 Å². The number of aromatic nitrogens is 1. The smallest absolute Gasteiger partial charge is 0.338 e. The number of anilines is 1. The molecule has 7 nitrogen and oxygen atoms in total. The summed E-state index contributed by atoms with van der Waals surface area (Å²) >= 11 is 6.06. The van der Waals surface area contributed by atoms with E-state index in [1.807, 2.05) is 31.2 Å². The Morgan fingerprint density at radius 3 is 2.51 bits per heavy atom. The molecule has 0 atom stereocenters. The zero-order valence-electron chi connectivity index (χ0n) is 18.7. The van der Waals surface area contributed by atoms with E-state index < -0.39 is 16.0 Å². The second kappa shape index (κ2) is 9.13. The molecular formula is C26H20ClN3O4S. The van der Waals surface area contributed by atoms with Gasteiger partial charge >= 0.3 is 5.97 Å². The van der Waals surface area contributed by atoms with E-state index in [1.165, 1.54) is 6.07 Å². The van der Waals surface area contributed by atoms with Crippen LogP contribution < -0.4 is 4.90 Å². The summed E-state index contributed by atoms with van der Waals surface area (Å²) in [7, 11) is -3.82. The molecule has 1 aliphatic heterocycles.